The average Bonchev–Trinajstić information content (AvgIpc) is 2.36. The highest BCUT2D eigenvalue weighted by atomic mass is 19.1. The van der Waals surface area contributed by atoms with Crippen LogP contribution in [-0.4, -0.2) is 13.1 Å². The van der Waals surface area contributed by atoms with E-state index in [0.717, 1.165) is 25.9 Å². The number of hydrogen-bond donors (Lipinski definition) is 1. The molecule has 0 aliphatic heterocycles. The van der Waals surface area contributed by atoms with Crippen molar-refractivity contribution in [1.29, 1.82) is 0 Å². The van der Waals surface area contributed by atoms with Crippen LogP contribution < -0.4 is 5.32 Å². The van der Waals surface area contributed by atoms with Crippen LogP contribution in [0.4, 0.5) is 4.39 Å². The van der Waals surface area contributed by atoms with Crippen molar-refractivity contribution in [2.75, 3.05) is 13.1 Å². The van der Waals surface area contributed by atoms with E-state index in [1.54, 1.807) is 12.1 Å². The number of hydrogen-bond acceptors (Lipinski definition) is 1. The summed E-state index contributed by atoms with van der Waals surface area (Å²) in [6.45, 7) is 10.8. The molecule has 18 heavy (non-hydrogen) atoms. The van der Waals surface area contributed by atoms with E-state index >= 15 is 0 Å². The molecule has 0 aliphatic carbocycles. The number of halogens is 1. The smallest absolute Gasteiger partial charge is 0.123 e. The van der Waals surface area contributed by atoms with Crippen molar-refractivity contribution in [3.63, 3.8) is 0 Å². The lowest BCUT2D eigenvalue weighted by Crippen LogP contribution is -2.38. The summed E-state index contributed by atoms with van der Waals surface area (Å²) in [7, 11) is 0. The van der Waals surface area contributed by atoms with Crippen molar-refractivity contribution >= 4 is 0 Å². The summed E-state index contributed by atoms with van der Waals surface area (Å²) in [6.07, 6.45) is 2.14. The van der Waals surface area contributed by atoms with E-state index in [1.165, 1.54) is 5.56 Å². The molecule has 1 nitrogen and oxygen atoms in total. The Morgan fingerprint density at radius 1 is 1.11 bits per heavy atom. The van der Waals surface area contributed by atoms with E-state index in [2.05, 4.69) is 33.0 Å². The molecular formula is C16H26FN. The standard InChI is InChI=1S/C16H26FN/c1-5-16(6-2,12-18-11-13(3)4)14-7-9-15(17)10-8-14/h7-10,13,18H,5-6,11-12H2,1-4H3. The second kappa shape index (κ2) is 6.89. The van der Waals surface area contributed by atoms with E-state index in [9.17, 15) is 4.39 Å². The third-order valence-corrected chi connectivity index (χ3v) is 3.83. The monoisotopic (exact) mass is 251 g/mol. The Hall–Kier alpha value is -0.890. The highest BCUT2D eigenvalue weighted by Crippen LogP contribution is 2.31. The van der Waals surface area contributed by atoms with Gasteiger partial charge in [0.15, 0.2) is 0 Å². The molecule has 0 radical (unpaired) electrons. The van der Waals surface area contributed by atoms with Crippen LogP contribution in [0.25, 0.3) is 0 Å². The Morgan fingerprint density at radius 3 is 2.11 bits per heavy atom. The lowest BCUT2D eigenvalue weighted by atomic mass is 9.75. The SMILES string of the molecule is CCC(CC)(CNCC(C)C)c1ccc(F)cc1. The summed E-state index contributed by atoms with van der Waals surface area (Å²) in [6, 6.07) is 6.99. The minimum atomic E-state index is -0.157. The van der Waals surface area contributed by atoms with Gasteiger partial charge >= 0.3 is 0 Å². The van der Waals surface area contributed by atoms with Gasteiger partial charge in [0, 0.05) is 12.0 Å². The van der Waals surface area contributed by atoms with Crippen LogP contribution in [0.1, 0.15) is 46.1 Å². The lowest BCUT2D eigenvalue weighted by Gasteiger charge is -2.33. The molecule has 1 aromatic carbocycles. The fraction of sp³-hybridized carbons (Fsp3) is 0.625. The molecule has 2 heteroatoms. The van der Waals surface area contributed by atoms with Gasteiger partial charge in [0.2, 0.25) is 0 Å². The van der Waals surface area contributed by atoms with Crippen LogP contribution in [0.2, 0.25) is 0 Å². The molecule has 0 fully saturated rings. The molecule has 1 rings (SSSR count). The predicted octanol–water partition coefficient (Wildman–Crippen LogP) is 4.13. The summed E-state index contributed by atoms with van der Waals surface area (Å²) < 4.78 is 13.0. The molecule has 0 spiro atoms. The molecule has 0 saturated heterocycles. The zero-order chi connectivity index (χ0) is 13.6. The third-order valence-electron chi connectivity index (χ3n) is 3.83. The van der Waals surface area contributed by atoms with Crippen molar-refractivity contribution < 1.29 is 4.39 Å². The van der Waals surface area contributed by atoms with Gasteiger partial charge in [-0.15, -0.1) is 0 Å². The van der Waals surface area contributed by atoms with Gasteiger partial charge < -0.3 is 5.32 Å². The lowest BCUT2D eigenvalue weighted by molar-refractivity contribution is 0.358. The quantitative estimate of drug-likeness (QED) is 0.768. The highest BCUT2D eigenvalue weighted by molar-refractivity contribution is 5.26. The summed E-state index contributed by atoms with van der Waals surface area (Å²) >= 11 is 0. The van der Waals surface area contributed by atoms with Crippen LogP contribution in [0.3, 0.4) is 0 Å². The Kier molecular flexibility index (Phi) is 5.80. The molecule has 102 valence electrons. The minimum absolute atomic E-state index is 0.128. The molecule has 0 aromatic heterocycles. The second-order valence-corrected chi connectivity index (χ2v) is 5.52. The van der Waals surface area contributed by atoms with Gasteiger partial charge in [0.25, 0.3) is 0 Å². The van der Waals surface area contributed by atoms with Crippen LogP contribution in [-0.2, 0) is 5.41 Å². The Labute approximate surface area is 111 Å². The Morgan fingerprint density at radius 2 is 1.67 bits per heavy atom. The van der Waals surface area contributed by atoms with E-state index < -0.39 is 0 Å². The number of nitrogens with one attached hydrogen (secondary N) is 1. The zero-order valence-electron chi connectivity index (χ0n) is 12.1. The van der Waals surface area contributed by atoms with Crippen molar-refractivity contribution in [3.05, 3.63) is 35.6 Å². The van der Waals surface area contributed by atoms with Crippen molar-refractivity contribution in [1.82, 2.24) is 5.32 Å². The summed E-state index contributed by atoms with van der Waals surface area (Å²) in [4.78, 5) is 0. The normalized spacial score (nSPS) is 12.1. The maximum atomic E-state index is 13.0. The Balaban J connectivity index is 2.81. The number of rotatable bonds is 7. The van der Waals surface area contributed by atoms with Crippen LogP contribution in [0, 0.1) is 11.7 Å². The maximum Gasteiger partial charge on any atom is 0.123 e. The third kappa shape index (κ3) is 3.81. The van der Waals surface area contributed by atoms with Crippen molar-refractivity contribution in [2.45, 2.75) is 46.0 Å². The molecule has 0 aliphatic rings. The van der Waals surface area contributed by atoms with Gasteiger partial charge in [-0.05, 0) is 43.0 Å². The first-order valence-corrected chi connectivity index (χ1v) is 7.01. The van der Waals surface area contributed by atoms with Gasteiger partial charge in [0.05, 0.1) is 0 Å². The van der Waals surface area contributed by atoms with Crippen LogP contribution in [0.15, 0.2) is 24.3 Å². The highest BCUT2D eigenvalue weighted by Gasteiger charge is 2.27. The molecule has 0 amide bonds. The molecule has 0 unspecified atom stereocenters. The maximum absolute atomic E-state index is 13.0. The van der Waals surface area contributed by atoms with E-state index in [4.69, 9.17) is 0 Å². The molecule has 0 bridgehead atoms. The van der Waals surface area contributed by atoms with Crippen LogP contribution >= 0.6 is 0 Å². The molecule has 1 N–H and O–H groups in total. The number of benzene rings is 1. The van der Waals surface area contributed by atoms with E-state index in [1.807, 2.05) is 12.1 Å². The first kappa shape index (κ1) is 15.2. The van der Waals surface area contributed by atoms with E-state index in [0.29, 0.717) is 5.92 Å². The molecular weight excluding hydrogens is 225 g/mol. The molecule has 0 saturated carbocycles. The van der Waals surface area contributed by atoms with Crippen molar-refractivity contribution in [3.8, 4) is 0 Å². The molecule has 0 heterocycles. The fourth-order valence-corrected chi connectivity index (χ4v) is 2.41. The van der Waals surface area contributed by atoms with Crippen LogP contribution in [0.5, 0.6) is 0 Å². The predicted molar refractivity (Wildman–Crippen MR) is 76.4 cm³/mol. The zero-order valence-corrected chi connectivity index (χ0v) is 12.1. The minimum Gasteiger partial charge on any atom is -0.316 e. The topological polar surface area (TPSA) is 12.0 Å². The first-order chi connectivity index (χ1) is 8.54. The summed E-state index contributed by atoms with van der Waals surface area (Å²) in [5, 5.41) is 3.55. The molecule has 1 aromatic rings. The summed E-state index contributed by atoms with van der Waals surface area (Å²) in [5.41, 5.74) is 1.37. The van der Waals surface area contributed by atoms with Crippen molar-refractivity contribution in [2.24, 2.45) is 5.92 Å². The first-order valence-electron chi connectivity index (χ1n) is 7.01. The van der Waals surface area contributed by atoms with Gasteiger partial charge in [-0.3, -0.25) is 0 Å². The van der Waals surface area contributed by atoms with Gasteiger partial charge in [0.1, 0.15) is 5.82 Å². The van der Waals surface area contributed by atoms with Gasteiger partial charge in [-0.25, -0.2) is 4.39 Å². The summed E-state index contributed by atoms with van der Waals surface area (Å²) in [5.74, 6) is 0.500. The van der Waals surface area contributed by atoms with Gasteiger partial charge in [-0.1, -0.05) is 39.8 Å². The second-order valence-electron chi connectivity index (χ2n) is 5.52. The largest absolute Gasteiger partial charge is 0.316 e. The average molecular weight is 251 g/mol. The Bertz CT molecular complexity index is 339. The molecule has 0 atom stereocenters. The van der Waals surface area contributed by atoms with E-state index in [-0.39, 0.29) is 11.2 Å². The fourth-order valence-electron chi connectivity index (χ4n) is 2.41. The van der Waals surface area contributed by atoms with Gasteiger partial charge in [-0.2, -0.15) is 0 Å².